The van der Waals surface area contributed by atoms with Crippen molar-refractivity contribution in [2.75, 3.05) is 21.3 Å². The second-order valence-corrected chi connectivity index (χ2v) is 2.86. The van der Waals surface area contributed by atoms with Gasteiger partial charge in [-0.1, -0.05) is 0 Å². The summed E-state index contributed by atoms with van der Waals surface area (Å²) in [4.78, 5) is 0. The first-order valence-corrected chi connectivity index (χ1v) is 4.38. The summed E-state index contributed by atoms with van der Waals surface area (Å²) >= 11 is 0. The Morgan fingerprint density at radius 1 is 0.875 bits per heavy atom. The highest BCUT2D eigenvalue weighted by molar-refractivity contribution is 5.53. The smallest absolute Gasteiger partial charge is 0.210 e. The summed E-state index contributed by atoms with van der Waals surface area (Å²) in [5, 5.41) is 9.04. The van der Waals surface area contributed by atoms with Crippen LogP contribution in [0.15, 0.2) is 0 Å². The summed E-state index contributed by atoms with van der Waals surface area (Å²) in [5.74, 6) is -3.21. The van der Waals surface area contributed by atoms with Gasteiger partial charge in [-0.15, -0.1) is 0 Å². The number of ether oxygens (including phenoxy) is 3. The summed E-state index contributed by atoms with van der Waals surface area (Å²) < 4.78 is 41.3. The molecule has 0 aromatic heterocycles. The minimum absolute atomic E-state index is 0.0965. The topological polar surface area (TPSA) is 47.9 Å². The van der Waals surface area contributed by atoms with E-state index in [2.05, 4.69) is 4.74 Å². The summed E-state index contributed by atoms with van der Waals surface area (Å²) in [7, 11) is 3.53. The second-order valence-electron chi connectivity index (χ2n) is 2.86. The van der Waals surface area contributed by atoms with Gasteiger partial charge < -0.3 is 19.3 Å². The van der Waals surface area contributed by atoms with Crippen LogP contribution in [-0.2, 0) is 6.61 Å². The number of methoxy groups -OCH3 is 3. The highest BCUT2D eigenvalue weighted by Gasteiger charge is 2.26. The summed E-state index contributed by atoms with van der Waals surface area (Å²) in [6.07, 6.45) is 0. The largest absolute Gasteiger partial charge is 0.493 e. The van der Waals surface area contributed by atoms with E-state index in [1.54, 1.807) is 0 Å². The Kier molecular flexibility index (Phi) is 3.89. The van der Waals surface area contributed by atoms with Crippen LogP contribution in [0.4, 0.5) is 8.78 Å². The molecular formula is C10H12F2O4. The van der Waals surface area contributed by atoms with Crippen LogP contribution < -0.4 is 14.2 Å². The van der Waals surface area contributed by atoms with Crippen molar-refractivity contribution in [3.8, 4) is 17.2 Å². The predicted molar refractivity (Wildman–Crippen MR) is 51.9 cm³/mol. The highest BCUT2D eigenvalue weighted by atomic mass is 19.1. The van der Waals surface area contributed by atoms with Crippen LogP contribution in [0.2, 0.25) is 0 Å². The summed E-state index contributed by atoms with van der Waals surface area (Å²) in [5.41, 5.74) is -0.0965. The van der Waals surface area contributed by atoms with Gasteiger partial charge in [0.25, 0.3) is 0 Å². The Morgan fingerprint density at radius 2 is 1.25 bits per heavy atom. The van der Waals surface area contributed by atoms with Crippen molar-refractivity contribution in [2.24, 2.45) is 0 Å². The molecule has 1 aromatic carbocycles. The molecule has 0 unspecified atom stereocenters. The third-order valence-corrected chi connectivity index (χ3v) is 2.12. The lowest BCUT2D eigenvalue weighted by molar-refractivity contribution is 0.252. The van der Waals surface area contributed by atoms with Gasteiger partial charge in [-0.3, -0.25) is 0 Å². The average Bonchev–Trinajstić information content (AvgIpc) is 2.29. The molecule has 16 heavy (non-hydrogen) atoms. The number of benzene rings is 1. The normalized spacial score (nSPS) is 10.1. The Balaban J connectivity index is 3.61. The first-order valence-electron chi connectivity index (χ1n) is 4.38. The Hall–Kier alpha value is -1.56. The van der Waals surface area contributed by atoms with Gasteiger partial charge in [-0.05, 0) is 0 Å². The zero-order chi connectivity index (χ0) is 12.3. The van der Waals surface area contributed by atoms with Crippen molar-refractivity contribution in [2.45, 2.75) is 6.61 Å². The van der Waals surface area contributed by atoms with Gasteiger partial charge in [-0.25, -0.2) is 0 Å². The molecule has 0 fully saturated rings. The van der Waals surface area contributed by atoms with E-state index in [0.717, 1.165) is 7.11 Å². The summed E-state index contributed by atoms with van der Waals surface area (Å²) in [6.45, 7) is -0.607. The van der Waals surface area contributed by atoms with E-state index in [1.165, 1.54) is 14.2 Å². The van der Waals surface area contributed by atoms with E-state index in [1.807, 2.05) is 0 Å². The molecule has 0 radical (unpaired) electrons. The van der Waals surface area contributed by atoms with Gasteiger partial charge in [0.05, 0.1) is 33.5 Å². The number of hydrogen-bond donors (Lipinski definition) is 1. The number of aliphatic hydroxyl groups is 1. The van der Waals surface area contributed by atoms with E-state index < -0.39 is 24.0 Å². The zero-order valence-corrected chi connectivity index (χ0v) is 9.13. The van der Waals surface area contributed by atoms with Crippen molar-refractivity contribution in [1.82, 2.24) is 0 Å². The first kappa shape index (κ1) is 12.5. The molecule has 1 rings (SSSR count). The van der Waals surface area contributed by atoms with Crippen molar-refractivity contribution in [1.29, 1.82) is 0 Å². The molecular weight excluding hydrogens is 222 g/mol. The van der Waals surface area contributed by atoms with Gasteiger partial charge in [0.2, 0.25) is 11.6 Å². The van der Waals surface area contributed by atoms with Gasteiger partial charge in [0, 0.05) is 0 Å². The molecule has 0 aliphatic heterocycles. The quantitative estimate of drug-likeness (QED) is 0.857. The number of halogens is 2. The van der Waals surface area contributed by atoms with Gasteiger partial charge >= 0.3 is 0 Å². The fraction of sp³-hybridized carbons (Fsp3) is 0.400. The van der Waals surface area contributed by atoms with Crippen molar-refractivity contribution in [3.05, 3.63) is 17.2 Å². The van der Waals surface area contributed by atoms with Crippen LogP contribution in [0.3, 0.4) is 0 Å². The van der Waals surface area contributed by atoms with Crippen LogP contribution >= 0.6 is 0 Å². The molecule has 0 bridgehead atoms. The number of hydrogen-bond acceptors (Lipinski definition) is 4. The first-order chi connectivity index (χ1) is 7.62. The second kappa shape index (κ2) is 4.98. The Morgan fingerprint density at radius 3 is 1.50 bits per heavy atom. The number of rotatable bonds is 4. The molecule has 90 valence electrons. The molecule has 0 saturated heterocycles. The molecule has 0 atom stereocenters. The van der Waals surface area contributed by atoms with E-state index in [9.17, 15) is 8.78 Å². The molecule has 4 nitrogen and oxygen atoms in total. The maximum absolute atomic E-state index is 13.6. The third-order valence-electron chi connectivity index (χ3n) is 2.12. The highest BCUT2D eigenvalue weighted by Crippen LogP contribution is 2.40. The van der Waals surface area contributed by atoms with Crippen molar-refractivity contribution >= 4 is 0 Å². The average molecular weight is 234 g/mol. The van der Waals surface area contributed by atoms with Crippen molar-refractivity contribution in [3.63, 3.8) is 0 Å². The Bertz CT molecular complexity index is 362. The van der Waals surface area contributed by atoms with E-state index in [0.29, 0.717) is 0 Å². The maximum Gasteiger partial charge on any atom is 0.210 e. The predicted octanol–water partition coefficient (Wildman–Crippen LogP) is 1.48. The van der Waals surface area contributed by atoms with Crippen LogP contribution in [0.1, 0.15) is 5.56 Å². The Labute approximate surface area is 91.4 Å². The van der Waals surface area contributed by atoms with Crippen LogP contribution in [0.25, 0.3) is 0 Å². The third kappa shape index (κ3) is 1.76. The zero-order valence-electron chi connectivity index (χ0n) is 9.13. The molecule has 0 aliphatic carbocycles. The lowest BCUT2D eigenvalue weighted by Crippen LogP contribution is -2.05. The van der Waals surface area contributed by atoms with Gasteiger partial charge in [0.15, 0.2) is 17.2 Å². The van der Waals surface area contributed by atoms with Crippen molar-refractivity contribution < 1.29 is 28.1 Å². The van der Waals surface area contributed by atoms with E-state index in [-0.39, 0.29) is 17.1 Å². The maximum atomic E-state index is 13.6. The summed E-state index contributed by atoms with van der Waals surface area (Å²) in [6, 6.07) is 0. The van der Waals surface area contributed by atoms with Gasteiger partial charge in [-0.2, -0.15) is 8.78 Å². The lowest BCUT2D eigenvalue weighted by Gasteiger charge is -2.15. The van der Waals surface area contributed by atoms with Crippen LogP contribution in [-0.4, -0.2) is 26.4 Å². The molecule has 1 aromatic rings. The molecule has 0 heterocycles. The van der Waals surface area contributed by atoms with Gasteiger partial charge in [0.1, 0.15) is 0 Å². The molecule has 0 amide bonds. The minimum Gasteiger partial charge on any atom is -0.493 e. The van der Waals surface area contributed by atoms with Crippen LogP contribution in [0.5, 0.6) is 17.2 Å². The van der Waals surface area contributed by atoms with E-state index >= 15 is 0 Å². The molecule has 6 heteroatoms. The monoisotopic (exact) mass is 234 g/mol. The fourth-order valence-corrected chi connectivity index (χ4v) is 1.42. The number of aliphatic hydroxyl groups excluding tert-OH is 1. The lowest BCUT2D eigenvalue weighted by atomic mass is 10.1. The SMILES string of the molecule is COc1c(F)c(OC)c(CO)c(OC)c1F. The standard InChI is InChI=1S/C10H12F2O4/c1-14-8-5(4-13)9(15-2)7(12)10(16-3)6(8)11/h13H,4H2,1-3H3. The minimum atomic E-state index is -1.01. The molecule has 0 spiro atoms. The molecule has 0 aliphatic rings. The van der Waals surface area contributed by atoms with Crippen LogP contribution in [0, 0.1) is 11.6 Å². The molecule has 1 N–H and O–H groups in total. The fourth-order valence-electron chi connectivity index (χ4n) is 1.42. The molecule has 0 saturated carbocycles. The van der Waals surface area contributed by atoms with E-state index in [4.69, 9.17) is 14.6 Å².